The second kappa shape index (κ2) is 17.5. The van der Waals surface area contributed by atoms with Gasteiger partial charge in [0.05, 0.1) is 0 Å². The fourth-order valence-electron chi connectivity index (χ4n) is 1.31. The number of aliphatic hydroxyl groups excluding tert-OH is 1. The van der Waals surface area contributed by atoms with E-state index in [2.05, 4.69) is 12.2 Å². The molecule has 0 amide bonds. The topological polar surface area (TPSA) is 34.3 Å². The van der Waals surface area contributed by atoms with Crippen molar-refractivity contribution >= 4 is 36.2 Å². The smallest absolute Gasteiger partial charge is 0.0430 e. The van der Waals surface area contributed by atoms with Gasteiger partial charge in [0.2, 0.25) is 0 Å². The third-order valence-corrected chi connectivity index (χ3v) is 2.28. The van der Waals surface area contributed by atoms with E-state index in [1.807, 2.05) is 60.7 Å². The second-order valence-electron chi connectivity index (χ2n) is 3.86. The number of para-hydroxylation sites is 2. The van der Waals surface area contributed by atoms with E-state index >= 15 is 0 Å². The molecule has 0 saturated carbocycles. The standard InChI is InChI=1S/C12H10N.C4H10O.2ClH.Ti/c1-3-7-11(8-4-1)13-12-9-5-2-6-10-12;1-2-3-4-5;;;/h1-10H;5H,2-4H2,1H3;2*1H;/q-1;;;;. The number of nitrogens with zero attached hydrogens (tertiary/aromatic N) is 1. The molecular formula is C16H22Cl2NOTi-. The van der Waals surface area contributed by atoms with Gasteiger partial charge in [-0.1, -0.05) is 74.0 Å². The van der Waals surface area contributed by atoms with Crippen LogP contribution in [0.15, 0.2) is 60.7 Å². The zero-order valence-electron chi connectivity index (χ0n) is 12.1. The van der Waals surface area contributed by atoms with Crippen molar-refractivity contribution in [2.75, 3.05) is 6.61 Å². The van der Waals surface area contributed by atoms with Gasteiger partial charge in [-0.25, -0.2) is 0 Å². The largest absolute Gasteiger partial charge is 0.658 e. The molecule has 2 aromatic carbocycles. The zero-order valence-corrected chi connectivity index (χ0v) is 15.3. The minimum Gasteiger partial charge on any atom is -0.658 e. The van der Waals surface area contributed by atoms with Crippen molar-refractivity contribution in [2.45, 2.75) is 19.8 Å². The SMILES string of the molecule is CCCCO.Cl.Cl.[Ti].c1ccc([N-]c2ccccc2)cc1. The predicted molar refractivity (Wildman–Crippen MR) is 92.1 cm³/mol. The van der Waals surface area contributed by atoms with Crippen LogP contribution in [0.3, 0.4) is 0 Å². The number of hydrogen-bond acceptors (Lipinski definition) is 1. The van der Waals surface area contributed by atoms with Crippen molar-refractivity contribution in [2.24, 2.45) is 0 Å². The Hall–Kier alpha value is -0.506. The summed E-state index contributed by atoms with van der Waals surface area (Å²) in [6.07, 6.45) is 2.04. The Balaban J connectivity index is -0.000000360. The third-order valence-electron chi connectivity index (χ3n) is 2.28. The van der Waals surface area contributed by atoms with Crippen LogP contribution in [-0.4, -0.2) is 11.7 Å². The maximum absolute atomic E-state index is 8.07. The first-order chi connectivity index (χ1) is 8.86. The summed E-state index contributed by atoms with van der Waals surface area (Å²) >= 11 is 0. The van der Waals surface area contributed by atoms with Crippen molar-refractivity contribution in [1.82, 2.24) is 0 Å². The van der Waals surface area contributed by atoms with Crippen LogP contribution in [0.5, 0.6) is 0 Å². The van der Waals surface area contributed by atoms with Gasteiger partial charge >= 0.3 is 0 Å². The predicted octanol–water partition coefficient (Wildman–Crippen LogP) is 5.64. The summed E-state index contributed by atoms with van der Waals surface area (Å²) in [7, 11) is 0. The molecule has 0 spiro atoms. The first-order valence-electron chi connectivity index (χ1n) is 6.29. The fraction of sp³-hybridized carbons (Fsp3) is 0.250. The number of unbranched alkanes of at least 4 members (excludes halogenated alkanes) is 1. The van der Waals surface area contributed by atoms with Crippen molar-refractivity contribution in [1.29, 1.82) is 0 Å². The van der Waals surface area contributed by atoms with Gasteiger partial charge in [-0.15, -0.1) is 36.2 Å². The molecule has 2 rings (SSSR count). The maximum Gasteiger partial charge on any atom is 0.0430 e. The molecule has 0 aromatic heterocycles. The Morgan fingerprint density at radius 2 is 1.19 bits per heavy atom. The second-order valence-corrected chi connectivity index (χ2v) is 3.86. The summed E-state index contributed by atoms with van der Waals surface area (Å²) in [6.45, 7) is 2.40. The summed E-state index contributed by atoms with van der Waals surface area (Å²) < 4.78 is 0. The van der Waals surface area contributed by atoms with Gasteiger partial charge in [-0.3, -0.25) is 0 Å². The van der Waals surface area contributed by atoms with Crippen LogP contribution in [0, 0.1) is 0 Å². The zero-order chi connectivity index (χ0) is 13.1. The van der Waals surface area contributed by atoms with E-state index in [0.717, 1.165) is 24.2 Å². The van der Waals surface area contributed by atoms with Crippen LogP contribution in [0.25, 0.3) is 5.32 Å². The Kier molecular flexibility index (Phi) is 21.3. The minimum absolute atomic E-state index is 0. The van der Waals surface area contributed by atoms with E-state index in [-0.39, 0.29) is 46.5 Å². The Morgan fingerprint density at radius 1 is 0.810 bits per heavy atom. The number of benzene rings is 2. The number of rotatable bonds is 4. The van der Waals surface area contributed by atoms with Gasteiger partial charge in [0.15, 0.2) is 0 Å². The van der Waals surface area contributed by atoms with Gasteiger partial charge in [0.1, 0.15) is 0 Å². The van der Waals surface area contributed by atoms with E-state index in [9.17, 15) is 0 Å². The quantitative estimate of drug-likeness (QED) is 0.701. The van der Waals surface area contributed by atoms with Crippen LogP contribution < -0.4 is 0 Å². The fourth-order valence-corrected chi connectivity index (χ4v) is 1.31. The van der Waals surface area contributed by atoms with Crippen molar-refractivity contribution in [3.05, 3.63) is 66.0 Å². The molecule has 116 valence electrons. The molecule has 0 aliphatic rings. The van der Waals surface area contributed by atoms with E-state index in [1.165, 1.54) is 0 Å². The molecule has 0 atom stereocenters. The van der Waals surface area contributed by atoms with Crippen molar-refractivity contribution in [3.63, 3.8) is 0 Å². The van der Waals surface area contributed by atoms with Crippen LogP contribution in [-0.2, 0) is 21.7 Å². The summed E-state index contributed by atoms with van der Waals surface area (Å²) in [4.78, 5) is 0. The normalized spacial score (nSPS) is 7.90. The van der Waals surface area contributed by atoms with Crippen LogP contribution in [0.2, 0.25) is 0 Å². The van der Waals surface area contributed by atoms with E-state index in [4.69, 9.17) is 5.11 Å². The molecule has 0 aliphatic carbocycles. The van der Waals surface area contributed by atoms with Gasteiger partial charge < -0.3 is 10.4 Å². The van der Waals surface area contributed by atoms with E-state index < -0.39 is 0 Å². The average Bonchev–Trinajstić information content (AvgIpc) is 2.43. The average molecular weight is 363 g/mol. The number of aliphatic hydroxyl groups is 1. The molecule has 1 N–H and O–H groups in total. The van der Waals surface area contributed by atoms with Gasteiger partial charge in [-0.05, 0) is 6.42 Å². The maximum atomic E-state index is 8.07. The van der Waals surface area contributed by atoms with Gasteiger partial charge in [-0.2, -0.15) is 0 Å². The van der Waals surface area contributed by atoms with Crippen molar-refractivity contribution in [3.8, 4) is 0 Å². The molecule has 0 heterocycles. The summed E-state index contributed by atoms with van der Waals surface area (Å²) in [5.41, 5.74) is 1.99. The summed E-state index contributed by atoms with van der Waals surface area (Å²) in [5.74, 6) is 0. The molecule has 5 heteroatoms. The molecule has 0 unspecified atom stereocenters. The summed E-state index contributed by atoms with van der Waals surface area (Å²) in [5, 5.41) is 12.5. The Morgan fingerprint density at radius 3 is 1.43 bits per heavy atom. The first-order valence-corrected chi connectivity index (χ1v) is 6.29. The van der Waals surface area contributed by atoms with E-state index in [1.54, 1.807) is 0 Å². The molecule has 0 aliphatic heterocycles. The molecule has 21 heavy (non-hydrogen) atoms. The summed E-state index contributed by atoms with van der Waals surface area (Å²) in [6, 6.07) is 19.9. The first kappa shape index (κ1) is 25.4. The molecule has 0 radical (unpaired) electrons. The Bertz CT molecular complexity index is 376. The van der Waals surface area contributed by atoms with Crippen LogP contribution in [0.4, 0.5) is 11.4 Å². The van der Waals surface area contributed by atoms with Crippen molar-refractivity contribution < 1.29 is 26.8 Å². The molecule has 0 saturated heterocycles. The van der Waals surface area contributed by atoms with E-state index in [0.29, 0.717) is 6.61 Å². The molecule has 2 aromatic rings. The molecular weight excluding hydrogens is 341 g/mol. The molecule has 0 fully saturated rings. The monoisotopic (exact) mass is 362 g/mol. The van der Waals surface area contributed by atoms with Gasteiger partial charge in [0.25, 0.3) is 0 Å². The molecule has 0 bridgehead atoms. The van der Waals surface area contributed by atoms with Crippen LogP contribution >= 0.6 is 24.8 Å². The van der Waals surface area contributed by atoms with Crippen LogP contribution in [0.1, 0.15) is 19.8 Å². The van der Waals surface area contributed by atoms with Gasteiger partial charge in [0, 0.05) is 28.3 Å². The molecule has 2 nitrogen and oxygen atoms in total. The number of halogens is 2. The minimum atomic E-state index is 0. The Labute approximate surface area is 155 Å². The number of hydrogen-bond donors (Lipinski definition) is 1. The third kappa shape index (κ3) is 12.9.